The van der Waals surface area contributed by atoms with Crippen LogP contribution in [0.25, 0.3) is 0 Å². The van der Waals surface area contributed by atoms with Crippen LogP contribution < -0.4 is 10.0 Å². The van der Waals surface area contributed by atoms with E-state index in [-0.39, 0.29) is 23.5 Å². The molecule has 0 bridgehead atoms. The van der Waals surface area contributed by atoms with Gasteiger partial charge in [-0.3, -0.25) is 4.68 Å². The summed E-state index contributed by atoms with van der Waals surface area (Å²) in [4.78, 5) is 0. The maximum Gasteiger partial charge on any atom is 0.257 e. The zero-order chi connectivity index (χ0) is 13.2. The zero-order valence-corrected chi connectivity index (χ0v) is 12.8. The van der Waals surface area contributed by atoms with E-state index in [0.29, 0.717) is 5.92 Å². The molecule has 0 saturated carbocycles. The quantitative estimate of drug-likeness (QED) is 0.850. The van der Waals surface area contributed by atoms with Gasteiger partial charge in [0, 0.05) is 13.1 Å². The van der Waals surface area contributed by atoms with E-state index in [2.05, 4.69) is 15.1 Å². The summed E-state index contributed by atoms with van der Waals surface area (Å²) in [6.07, 6.45) is 3.64. The fraction of sp³-hybridized carbons (Fsp3) is 0.727. The molecule has 1 aliphatic heterocycles. The number of aryl methyl sites for hydroxylation is 1. The van der Waals surface area contributed by atoms with E-state index in [9.17, 15) is 8.42 Å². The second kappa shape index (κ2) is 6.69. The second-order valence-corrected chi connectivity index (χ2v) is 6.47. The molecule has 0 amide bonds. The predicted molar refractivity (Wildman–Crippen MR) is 75.8 cm³/mol. The summed E-state index contributed by atoms with van der Waals surface area (Å²) in [6, 6.07) is 1.44. The van der Waals surface area contributed by atoms with Gasteiger partial charge in [-0.15, -0.1) is 12.4 Å². The van der Waals surface area contributed by atoms with Crippen LogP contribution in [0.5, 0.6) is 0 Å². The molecular weight excluding hydrogens is 288 g/mol. The van der Waals surface area contributed by atoms with Gasteiger partial charge in [0.1, 0.15) is 0 Å². The Kier molecular flexibility index (Phi) is 5.79. The molecule has 1 fully saturated rings. The minimum atomic E-state index is -3.47. The molecule has 110 valence electrons. The highest BCUT2D eigenvalue weighted by atomic mass is 35.5. The molecule has 1 aromatic heterocycles. The van der Waals surface area contributed by atoms with Crippen LogP contribution in [0.15, 0.2) is 17.3 Å². The van der Waals surface area contributed by atoms with Crippen LogP contribution in [0.4, 0.5) is 0 Å². The van der Waals surface area contributed by atoms with Gasteiger partial charge in [-0.05, 0) is 44.8 Å². The normalized spacial score (nSPS) is 21.7. The number of hydrogen-bond donors (Lipinski definition) is 2. The standard InChI is InChI=1S/C11H20N4O2S.ClH/c1-9(10-4-3-6-12-8-10)14-18(16,17)11-5-7-13-15(11)2;/h5,7,9-10,12,14H,3-4,6,8H2,1-2H3;1H. The van der Waals surface area contributed by atoms with Crippen molar-refractivity contribution in [1.29, 1.82) is 0 Å². The number of nitrogens with zero attached hydrogens (tertiary/aromatic N) is 2. The fourth-order valence-electron chi connectivity index (χ4n) is 2.33. The zero-order valence-electron chi connectivity index (χ0n) is 11.2. The lowest BCUT2D eigenvalue weighted by atomic mass is 9.94. The lowest BCUT2D eigenvalue weighted by Gasteiger charge is -2.28. The van der Waals surface area contributed by atoms with Crippen molar-refractivity contribution in [3.05, 3.63) is 12.3 Å². The summed E-state index contributed by atoms with van der Waals surface area (Å²) in [5.74, 6) is 0.349. The van der Waals surface area contributed by atoms with E-state index in [4.69, 9.17) is 0 Å². The van der Waals surface area contributed by atoms with E-state index in [1.807, 2.05) is 6.92 Å². The van der Waals surface area contributed by atoms with Crippen LogP contribution in [0, 0.1) is 5.92 Å². The highest BCUT2D eigenvalue weighted by Gasteiger charge is 2.26. The summed E-state index contributed by atoms with van der Waals surface area (Å²) < 4.78 is 28.5. The molecule has 2 atom stereocenters. The molecule has 0 aromatic carbocycles. The van der Waals surface area contributed by atoms with Crippen molar-refractivity contribution in [2.75, 3.05) is 13.1 Å². The third kappa shape index (κ3) is 3.92. The number of nitrogens with one attached hydrogen (secondary N) is 2. The molecule has 0 radical (unpaired) electrons. The topological polar surface area (TPSA) is 76.0 Å². The Morgan fingerprint density at radius 3 is 2.84 bits per heavy atom. The summed E-state index contributed by atoms with van der Waals surface area (Å²) in [6.45, 7) is 3.82. The minimum Gasteiger partial charge on any atom is -0.316 e. The van der Waals surface area contributed by atoms with Gasteiger partial charge in [-0.2, -0.15) is 5.10 Å². The Hall–Kier alpha value is -0.630. The number of rotatable bonds is 4. The molecule has 2 heterocycles. The van der Waals surface area contributed by atoms with Crippen molar-refractivity contribution in [2.45, 2.75) is 30.8 Å². The highest BCUT2D eigenvalue weighted by Crippen LogP contribution is 2.16. The van der Waals surface area contributed by atoms with Gasteiger partial charge < -0.3 is 5.32 Å². The van der Waals surface area contributed by atoms with Crippen molar-refractivity contribution in [1.82, 2.24) is 19.8 Å². The molecule has 2 N–H and O–H groups in total. The molecule has 2 unspecified atom stereocenters. The summed E-state index contributed by atoms with van der Waals surface area (Å²) in [7, 11) is -1.85. The Morgan fingerprint density at radius 2 is 2.32 bits per heavy atom. The molecule has 8 heteroatoms. The molecular formula is C11H21ClN4O2S. The van der Waals surface area contributed by atoms with E-state index in [1.165, 1.54) is 16.9 Å². The Morgan fingerprint density at radius 1 is 1.58 bits per heavy atom. The van der Waals surface area contributed by atoms with Crippen LogP contribution in [0.2, 0.25) is 0 Å². The first-order valence-electron chi connectivity index (χ1n) is 6.22. The first kappa shape index (κ1) is 16.4. The first-order valence-corrected chi connectivity index (χ1v) is 7.70. The number of halogens is 1. The number of piperidine rings is 1. The molecule has 1 aliphatic rings. The maximum atomic E-state index is 12.2. The average Bonchev–Trinajstić information content (AvgIpc) is 2.77. The van der Waals surface area contributed by atoms with E-state index in [0.717, 1.165) is 25.9 Å². The highest BCUT2D eigenvalue weighted by molar-refractivity contribution is 7.89. The number of hydrogen-bond acceptors (Lipinski definition) is 4. The molecule has 19 heavy (non-hydrogen) atoms. The lowest BCUT2D eigenvalue weighted by molar-refractivity contribution is 0.320. The van der Waals surface area contributed by atoms with E-state index < -0.39 is 10.0 Å². The molecule has 6 nitrogen and oxygen atoms in total. The van der Waals surface area contributed by atoms with Crippen LogP contribution >= 0.6 is 12.4 Å². The Labute approximate surface area is 120 Å². The van der Waals surface area contributed by atoms with Gasteiger partial charge in [0.2, 0.25) is 0 Å². The second-order valence-electron chi connectivity index (χ2n) is 4.81. The van der Waals surface area contributed by atoms with Crippen molar-refractivity contribution >= 4 is 22.4 Å². The van der Waals surface area contributed by atoms with Crippen LogP contribution in [0.3, 0.4) is 0 Å². The molecule has 0 spiro atoms. The predicted octanol–water partition coefficient (Wildman–Crippen LogP) is 0.508. The summed E-state index contributed by atoms with van der Waals surface area (Å²) >= 11 is 0. The van der Waals surface area contributed by atoms with Gasteiger partial charge in [0.15, 0.2) is 5.03 Å². The first-order chi connectivity index (χ1) is 8.50. The van der Waals surface area contributed by atoms with Gasteiger partial charge in [0.25, 0.3) is 10.0 Å². The van der Waals surface area contributed by atoms with Gasteiger partial charge in [-0.25, -0.2) is 13.1 Å². The van der Waals surface area contributed by atoms with Gasteiger partial charge >= 0.3 is 0 Å². The molecule has 1 saturated heterocycles. The van der Waals surface area contributed by atoms with Crippen molar-refractivity contribution < 1.29 is 8.42 Å². The molecule has 0 aliphatic carbocycles. The molecule has 1 aromatic rings. The summed E-state index contributed by atoms with van der Waals surface area (Å²) in [5, 5.41) is 7.39. The fourth-order valence-corrected chi connectivity index (χ4v) is 3.77. The van der Waals surface area contributed by atoms with Crippen LogP contribution in [-0.2, 0) is 17.1 Å². The largest absolute Gasteiger partial charge is 0.316 e. The molecule has 2 rings (SSSR count). The van der Waals surface area contributed by atoms with Crippen molar-refractivity contribution in [3.63, 3.8) is 0 Å². The third-order valence-corrected chi connectivity index (χ3v) is 5.07. The van der Waals surface area contributed by atoms with Crippen LogP contribution in [0.1, 0.15) is 19.8 Å². The van der Waals surface area contributed by atoms with Gasteiger partial charge in [-0.1, -0.05) is 0 Å². The Balaban J connectivity index is 0.00000180. The Bertz CT molecular complexity index is 497. The SMILES string of the molecule is CC(NS(=O)(=O)c1ccnn1C)C1CCCNC1.Cl. The van der Waals surface area contributed by atoms with E-state index >= 15 is 0 Å². The van der Waals surface area contributed by atoms with Gasteiger partial charge in [0.05, 0.1) is 6.20 Å². The van der Waals surface area contributed by atoms with Crippen LogP contribution in [-0.4, -0.2) is 37.3 Å². The number of aromatic nitrogens is 2. The third-order valence-electron chi connectivity index (χ3n) is 3.43. The summed E-state index contributed by atoms with van der Waals surface area (Å²) in [5.41, 5.74) is 0. The monoisotopic (exact) mass is 308 g/mol. The van der Waals surface area contributed by atoms with Crippen molar-refractivity contribution in [2.24, 2.45) is 13.0 Å². The lowest BCUT2D eigenvalue weighted by Crippen LogP contribution is -2.44. The van der Waals surface area contributed by atoms with E-state index in [1.54, 1.807) is 7.05 Å². The van der Waals surface area contributed by atoms with Crippen molar-refractivity contribution in [3.8, 4) is 0 Å². The minimum absolute atomic E-state index is 0. The average molecular weight is 309 g/mol. The smallest absolute Gasteiger partial charge is 0.257 e. The number of sulfonamides is 1. The maximum absolute atomic E-state index is 12.2.